The highest BCUT2D eigenvalue weighted by molar-refractivity contribution is 6.21. The van der Waals surface area contributed by atoms with E-state index < -0.39 is 0 Å². The van der Waals surface area contributed by atoms with Crippen LogP contribution in [0.25, 0.3) is 0 Å². The zero-order valence-corrected chi connectivity index (χ0v) is 12.8. The Morgan fingerprint density at radius 1 is 1.33 bits per heavy atom. The molecule has 106 valence electrons. The summed E-state index contributed by atoms with van der Waals surface area (Å²) >= 11 is 6.70. The Hall–Kier alpha value is -1.85. The van der Waals surface area contributed by atoms with E-state index in [1.165, 1.54) is 16.7 Å². The number of aromatic nitrogens is 1. The van der Waals surface area contributed by atoms with Crippen LogP contribution in [0, 0.1) is 24.2 Å². The highest BCUT2D eigenvalue weighted by Crippen LogP contribution is 2.40. The topological polar surface area (TPSA) is 36.7 Å². The number of nitriles is 1. The van der Waals surface area contributed by atoms with Crippen molar-refractivity contribution in [3.05, 3.63) is 64.5 Å². The number of pyridine rings is 1. The number of rotatable bonds is 2. The van der Waals surface area contributed by atoms with Crippen LogP contribution >= 0.6 is 11.6 Å². The molecule has 0 saturated heterocycles. The maximum absolute atomic E-state index is 8.85. The van der Waals surface area contributed by atoms with Gasteiger partial charge < -0.3 is 0 Å². The first-order valence-corrected chi connectivity index (χ1v) is 7.69. The molecule has 21 heavy (non-hydrogen) atoms. The Morgan fingerprint density at radius 3 is 2.81 bits per heavy atom. The van der Waals surface area contributed by atoms with E-state index in [1.54, 1.807) is 0 Å². The Bertz CT molecular complexity index is 685. The second-order valence-electron chi connectivity index (χ2n) is 5.76. The summed E-state index contributed by atoms with van der Waals surface area (Å²) in [5.74, 6) is 0.427. The van der Waals surface area contributed by atoms with Crippen molar-refractivity contribution in [3.63, 3.8) is 0 Å². The molecule has 2 unspecified atom stereocenters. The fourth-order valence-electron chi connectivity index (χ4n) is 3.01. The third kappa shape index (κ3) is 2.94. The molecule has 1 aliphatic rings. The van der Waals surface area contributed by atoms with Gasteiger partial charge in [0.25, 0.3) is 0 Å². The van der Waals surface area contributed by atoms with Gasteiger partial charge in [-0.3, -0.25) is 4.98 Å². The summed E-state index contributed by atoms with van der Waals surface area (Å²) in [5.41, 5.74) is 5.46. The average molecular weight is 297 g/mol. The van der Waals surface area contributed by atoms with Gasteiger partial charge in [-0.05, 0) is 60.9 Å². The minimum Gasteiger partial charge on any atom is -0.261 e. The number of halogens is 1. The molecule has 0 N–H and O–H groups in total. The normalized spacial score (nSPS) is 20.6. The number of aryl methyl sites for hydroxylation is 2. The van der Waals surface area contributed by atoms with Gasteiger partial charge in [0.1, 0.15) is 0 Å². The van der Waals surface area contributed by atoms with Crippen LogP contribution in [0.3, 0.4) is 0 Å². The molecular formula is C18H17ClN2. The number of hydrogen-bond acceptors (Lipinski definition) is 2. The van der Waals surface area contributed by atoms with E-state index >= 15 is 0 Å². The van der Waals surface area contributed by atoms with Crippen molar-refractivity contribution in [3.8, 4) is 6.07 Å². The lowest BCUT2D eigenvalue weighted by atomic mass is 9.82. The minimum absolute atomic E-state index is 0.0248. The smallest absolute Gasteiger partial charge is 0.0991 e. The molecule has 1 aliphatic carbocycles. The standard InChI is InChI=1S/C18H17ClN2/c1-12-8-16-17(21-11-12)7-6-15(18(16)19)9-13-2-4-14(10-20)5-3-13/h2-5,8,11,15,18H,6-7,9H2,1H3. The zero-order chi connectivity index (χ0) is 14.8. The molecule has 2 aromatic rings. The molecule has 1 aromatic carbocycles. The molecule has 0 bridgehead atoms. The first-order valence-electron chi connectivity index (χ1n) is 7.26. The lowest BCUT2D eigenvalue weighted by Crippen LogP contribution is -2.20. The van der Waals surface area contributed by atoms with Gasteiger partial charge in [-0.15, -0.1) is 11.6 Å². The van der Waals surface area contributed by atoms with Crippen molar-refractivity contribution in [2.75, 3.05) is 0 Å². The van der Waals surface area contributed by atoms with Crippen molar-refractivity contribution in [2.24, 2.45) is 5.92 Å². The van der Waals surface area contributed by atoms with Crippen molar-refractivity contribution >= 4 is 11.6 Å². The lowest BCUT2D eigenvalue weighted by molar-refractivity contribution is 0.436. The monoisotopic (exact) mass is 296 g/mol. The second kappa shape index (κ2) is 5.87. The molecule has 3 heteroatoms. The van der Waals surface area contributed by atoms with Gasteiger partial charge in [-0.2, -0.15) is 5.26 Å². The van der Waals surface area contributed by atoms with Crippen LogP contribution in [-0.2, 0) is 12.8 Å². The van der Waals surface area contributed by atoms with E-state index in [0.717, 1.165) is 25.0 Å². The molecule has 0 spiro atoms. The largest absolute Gasteiger partial charge is 0.261 e. The average Bonchev–Trinajstić information content (AvgIpc) is 2.51. The van der Waals surface area contributed by atoms with Crippen LogP contribution in [0.2, 0.25) is 0 Å². The van der Waals surface area contributed by atoms with Crippen molar-refractivity contribution in [1.29, 1.82) is 5.26 Å². The number of alkyl halides is 1. The van der Waals surface area contributed by atoms with Crippen molar-refractivity contribution < 1.29 is 0 Å². The number of fused-ring (bicyclic) bond motifs is 1. The Balaban J connectivity index is 1.79. The molecule has 0 radical (unpaired) electrons. The van der Waals surface area contributed by atoms with E-state index in [1.807, 2.05) is 30.5 Å². The molecule has 0 fully saturated rings. The fraction of sp³-hybridized carbons (Fsp3) is 0.333. The van der Waals surface area contributed by atoms with E-state index in [0.29, 0.717) is 11.5 Å². The van der Waals surface area contributed by atoms with Crippen molar-refractivity contribution in [2.45, 2.75) is 31.6 Å². The summed E-state index contributed by atoms with van der Waals surface area (Å²) in [6.07, 6.45) is 4.94. The molecule has 3 rings (SSSR count). The third-order valence-corrected chi connectivity index (χ3v) is 4.78. The van der Waals surface area contributed by atoms with Gasteiger partial charge in [-0.25, -0.2) is 0 Å². The van der Waals surface area contributed by atoms with Gasteiger partial charge in [0.2, 0.25) is 0 Å². The molecule has 0 amide bonds. The molecule has 2 atom stereocenters. The molecule has 1 aromatic heterocycles. The Morgan fingerprint density at radius 2 is 2.10 bits per heavy atom. The fourth-order valence-corrected chi connectivity index (χ4v) is 3.42. The molecule has 0 aliphatic heterocycles. The predicted molar refractivity (Wildman–Crippen MR) is 84.2 cm³/mol. The molecular weight excluding hydrogens is 280 g/mol. The summed E-state index contributed by atoms with van der Waals surface area (Å²) in [5, 5.41) is 8.87. The number of nitrogens with zero attached hydrogens (tertiary/aromatic N) is 2. The molecule has 2 nitrogen and oxygen atoms in total. The highest BCUT2D eigenvalue weighted by Gasteiger charge is 2.28. The first-order chi connectivity index (χ1) is 10.2. The van der Waals surface area contributed by atoms with Gasteiger partial charge in [0, 0.05) is 11.9 Å². The first kappa shape index (κ1) is 14.1. The van der Waals surface area contributed by atoms with Gasteiger partial charge >= 0.3 is 0 Å². The van der Waals surface area contributed by atoms with Crippen LogP contribution in [-0.4, -0.2) is 4.98 Å². The van der Waals surface area contributed by atoms with Crippen LogP contribution in [0.15, 0.2) is 36.5 Å². The maximum atomic E-state index is 8.85. The van der Waals surface area contributed by atoms with Crippen LogP contribution < -0.4 is 0 Å². The van der Waals surface area contributed by atoms with E-state index in [-0.39, 0.29) is 5.38 Å². The van der Waals surface area contributed by atoms with Gasteiger partial charge in [-0.1, -0.05) is 18.2 Å². The number of benzene rings is 1. The van der Waals surface area contributed by atoms with Gasteiger partial charge in [0.15, 0.2) is 0 Å². The summed E-state index contributed by atoms with van der Waals surface area (Å²) in [6, 6.07) is 12.1. The van der Waals surface area contributed by atoms with Crippen LogP contribution in [0.1, 0.15) is 39.7 Å². The summed E-state index contributed by atoms with van der Waals surface area (Å²) in [6.45, 7) is 2.06. The van der Waals surface area contributed by atoms with Crippen LogP contribution in [0.5, 0.6) is 0 Å². The van der Waals surface area contributed by atoms with E-state index in [4.69, 9.17) is 16.9 Å². The maximum Gasteiger partial charge on any atom is 0.0991 e. The Kier molecular flexibility index (Phi) is 3.94. The second-order valence-corrected chi connectivity index (χ2v) is 6.23. The van der Waals surface area contributed by atoms with E-state index in [9.17, 15) is 0 Å². The highest BCUT2D eigenvalue weighted by atomic mass is 35.5. The quantitative estimate of drug-likeness (QED) is 0.773. The lowest BCUT2D eigenvalue weighted by Gasteiger charge is -2.29. The predicted octanol–water partition coefficient (Wildman–Crippen LogP) is 4.35. The van der Waals surface area contributed by atoms with Crippen molar-refractivity contribution in [1.82, 2.24) is 4.98 Å². The van der Waals surface area contributed by atoms with Gasteiger partial charge in [0.05, 0.1) is 17.0 Å². The summed E-state index contributed by atoms with van der Waals surface area (Å²) in [4.78, 5) is 4.51. The minimum atomic E-state index is 0.0248. The number of hydrogen-bond donors (Lipinski definition) is 0. The summed E-state index contributed by atoms with van der Waals surface area (Å²) < 4.78 is 0. The zero-order valence-electron chi connectivity index (χ0n) is 12.0. The Labute approximate surface area is 130 Å². The third-order valence-electron chi connectivity index (χ3n) is 4.18. The SMILES string of the molecule is Cc1cnc2c(c1)C(Cl)C(Cc1ccc(C#N)cc1)CC2. The summed E-state index contributed by atoms with van der Waals surface area (Å²) in [7, 11) is 0. The van der Waals surface area contributed by atoms with E-state index in [2.05, 4.69) is 24.0 Å². The molecule has 0 saturated carbocycles. The van der Waals surface area contributed by atoms with Crippen LogP contribution in [0.4, 0.5) is 0 Å². The molecule has 1 heterocycles.